The van der Waals surface area contributed by atoms with Gasteiger partial charge >= 0.3 is 0 Å². The van der Waals surface area contributed by atoms with E-state index in [0.29, 0.717) is 12.1 Å². The number of nitrogens with one attached hydrogen (secondary N) is 1. The van der Waals surface area contributed by atoms with Crippen molar-refractivity contribution >= 4 is 0 Å². The lowest BCUT2D eigenvalue weighted by Gasteiger charge is -2.27. The zero-order valence-electron chi connectivity index (χ0n) is 12.8. The van der Waals surface area contributed by atoms with E-state index in [4.69, 9.17) is 0 Å². The molecule has 2 atom stereocenters. The largest absolute Gasteiger partial charge is 0.307 e. The predicted octanol–water partition coefficient (Wildman–Crippen LogP) is 5.00. The predicted molar refractivity (Wildman–Crippen MR) is 83.4 cm³/mol. The summed E-state index contributed by atoms with van der Waals surface area (Å²) in [6, 6.07) is 9.97. The minimum atomic E-state index is 0.457. The highest BCUT2D eigenvalue weighted by atomic mass is 14.9. The van der Waals surface area contributed by atoms with Crippen LogP contribution < -0.4 is 5.32 Å². The van der Waals surface area contributed by atoms with Gasteiger partial charge in [-0.3, -0.25) is 0 Å². The number of aryl methyl sites for hydroxylation is 1. The Morgan fingerprint density at radius 1 is 1.05 bits per heavy atom. The van der Waals surface area contributed by atoms with Crippen LogP contribution in [0.5, 0.6) is 0 Å². The molecule has 0 spiro atoms. The van der Waals surface area contributed by atoms with Crippen LogP contribution in [0.1, 0.15) is 69.5 Å². The Bertz CT molecular complexity index is 377. The third-order valence-corrected chi connectivity index (χ3v) is 4.66. The van der Waals surface area contributed by atoms with Gasteiger partial charge in [0.25, 0.3) is 0 Å². The molecule has 1 heteroatoms. The van der Waals surface area contributed by atoms with E-state index in [0.717, 1.165) is 5.92 Å². The zero-order chi connectivity index (χ0) is 13.7. The van der Waals surface area contributed by atoms with Gasteiger partial charge in [0.2, 0.25) is 0 Å². The average molecular weight is 259 g/mol. The summed E-state index contributed by atoms with van der Waals surface area (Å²) < 4.78 is 0. The maximum atomic E-state index is 3.82. The summed E-state index contributed by atoms with van der Waals surface area (Å²) in [4.78, 5) is 0. The average Bonchev–Trinajstić information content (AvgIpc) is 2.67. The van der Waals surface area contributed by atoms with Gasteiger partial charge in [-0.05, 0) is 45.1 Å². The van der Waals surface area contributed by atoms with Gasteiger partial charge in [-0.2, -0.15) is 0 Å². The molecule has 1 aliphatic carbocycles. The number of hydrogen-bond donors (Lipinski definition) is 1. The maximum absolute atomic E-state index is 3.82. The van der Waals surface area contributed by atoms with Crippen LogP contribution in [0.4, 0.5) is 0 Å². The third-order valence-electron chi connectivity index (χ3n) is 4.66. The van der Waals surface area contributed by atoms with Crippen LogP contribution in [0, 0.1) is 12.8 Å². The van der Waals surface area contributed by atoms with Gasteiger partial charge < -0.3 is 5.32 Å². The SMILES string of the molecule is Cc1cccc(C(C)N[C@@H](C)C2CCCCCC2)c1. The third kappa shape index (κ3) is 4.35. The highest BCUT2D eigenvalue weighted by molar-refractivity contribution is 5.24. The molecule has 0 heterocycles. The first kappa shape index (κ1) is 14.6. The smallest absolute Gasteiger partial charge is 0.0294 e. The first-order valence-corrected chi connectivity index (χ1v) is 7.99. The molecule has 0 radical (unpaired) electrons. The molecule has 1 aromatic carbocycles. The number of rotatable bonds is 4. The van der Waals surface area contributed by atoms with E-state index in [1.54, 1.807) is 0 Å². The summed E-state index contributed by atoms with van der Waals surface area (Å²) in [6.07, 6.45) is 8.56. The molecule has 1 aliphatic rings. The van der Waals surface area contributed by atoms with Crippen molar-refractivity contribution in [3.63, 3.8) is 0 Å². The van der Waals surface area contributed by atoms with E-state index in [9.17, 15) is 0 Å². The molecule has 0 aromatic heterocycles. The molecule has 1 unspecified atom stereocenters. The summed E-state index contributed by atoms with van der Waals surface area (Å²) in [5.74, 6) is 0.870. The van der Waals surface area contributed by atoms with Crippen LogP contribution in [0.25, 0.3) is 0 Å². The van der Waals surface area contributed by atoms with Gasteiger partial charge in [-0.1, -0.05) is 55.5 Å². The molecule has 19 heavy (non-hydrogen) atoms. The van der Waals surface area contributed by atoms with Gasteiger partial charge in [0.15, 0.2) is 0 Å². The Hall–Kier alpha value is -0.820. The van der Waals surface area contributed by atoms with Crippen LogP contribution in [-0.2, 0) is 0 Å². The second kappa shape index (κ2) is 7.09. The Kier molecular flexibility index (Phi) is 5.45. The summed E-state index contributed by atoms with van der Waals surface area (Å²) >= 11 is 0. The second-order valence-corrected chi connectivity index (χ2v) is 6.34. The molecule has 106 valence electrons. The van der Waals surface area contributed by atoms with Crippen molar-refractivity contribution in [2.75, 3.05) is 0 Å². The molecule has 0 amide bonds. The molecule has 0 aliphatic heterocycles. The summed E-state index contributed by atoms with van der Waals surface area (Å²) in [7, 11) is 0. The summed E-state index contributed by atoms with van der Waals surface area (Å²) in [5, 5.41) is 3.82. The molecule has 1 fully saturated rings. The molecule has 1 N–H and O–H groups in total. The number of benzene rings is 1. The Morgan fingerprint density at radius 2 is 1.74 bits per heavy atom. The first-order chi connectivity index (χ1) is 9.16. The molecule has 1 saturated carbocycles. The van der Waals surface area contributed by atoms with E-state index < -0.39 is 0 Å². The van der Waals surface area contributed by atoms with Crippen molar-refractivity contribution in [1.29, 1.82) is 0 Å². The number of hydrogen-bond acceptors (Lipinski definition) is 1. The summed E-state index contributed by atoms with van der Waals surface area (Å²) in [5.41, 5.74) is 2.77. The minimum absolute atomic E-state index is 0.457. The normalized spacial score (nSPS) is 20.8. The van der Waals surface area contributed by atoms with Crippen molar-refractivity contribution in [3.8, 4) is 0 Å². The topological polar surface area (TPSA) is 12.0 Å². The molecule has 0 saturated heterocycles. The molecule has 2 rings (SSSR count). The highest BCUT2D eigenvalue weighted by Crippen LogP contribution is 2.27. The van der Waals surface area contributed by atoms with E-state index >= 15 is 0 Å². The second-order valence-electron chi connectivity index (χ2n) is 6.34. The molecule has 1 nitrogen and oxygen atoms in total. The molecule has 0 bridgehead atoms. The van der Waals surface area contributed by atoms with E-state index in [1.807, 2.05) is 0 Å². The lowest BCUT2D eigenvalue weighted by Crippen LogP contribution is -2.35. The van der Waals surface area contributed by atoms with Gasteiger partial charge in [-0.25, -0.2) is 0 Å². The first-order valence-electron chi connectivity index (χ1n) is 7.99. The molecule has 1 aromatic rings. The van der Waals surface area contributed by atoms with Crippen LogP contribution >= 0.6 is 0 Å². The minimum Gasteiger partial charge on any atom is -0.307 e. The zero-order valence-corrected chi connectivity index (χ0v) is 12.8. The Morgan fingerprint density at radius 3 is 2.37 bits per heavy atom. The van der Waals surface area contributed by atoms with Crippen molar-refractivity contribution in [2.24, 2.45) is 5.92 Å². The Balaban J connectivity index is 1.92. The van der Waals surface area contributed by atoms with Crippen LogP contribution in [0.2, 0.25) is 0 Å². The lowest BCUT2D eigenvalue weighted by atomic mass is 9.92. The van der Waals surface area contributed by atoms with E-state index in [2.05, 4.69) is 50.4 Å². The summed E-state index contributed by atoms with van der Waals surface area (Å²) in [6.45, 7) is 6.84. The van der Waals surface area contributed by atoms with Crippen molar-refractivity contribution in [2.45, 2.75) is 71.4 Å². The van der Waals surface area contributed by atoms with Crippen LogP contribution in [0.3, 0.4) is 0 Å². The molecular formula is C18H29N. The molecular weight excluding hydrogens is 230 g/mol. The van der Waals surface area contributed by atoms with Crippen molar-refractivity contribution in [3.05, 3.63) is 35.4 Å². The van der Waals surface area contributed by atoms with Gasteiger partial charge in [-0.15, -0.1) is 0 Å². The Labute approximate surface area is 118 Å². The fraction of sp³-hybridized carbons (Fsp3) is 0.667. The van der Waals surface area contributed by atoms with Crippen LogP contribution in [-0.4, -0.2) is 6.04 Å². The van der Waals surface area contributed by atoms with Crippen LogP contribution in [0.15, 0.2) is 24.3 Å². The van der Waals surface area contributed by atoms with E-state index in [1.165, 1.54) is 49.7 Å². The standard InChI is InChI=1S/C18H29N/c1-14-9-8-12-18(13-14)16(3)19-15(2)17-10-6-4-5-7-11-17/h8-9,12-13,15-17,19H,4-7,10-11H2,1-3H3/t15-,16?/m0/s1. The van der Waals surface area contributed by atoms with Gasteiger partial charge in [0, 0.05) is 12.1 Å². The van der Waals surface area contributed by atoms with Gasteiger partial charge in [0.1, 0.15) is 0 Å². The van der Waals surface area contributed by atoms with Crippen molar-refractivity contribution in [1.82, 2.24) is 5.32 Å². The van der Waals surface area contributed by atoms with Crippen molar-refractivity contribution < 1.29 is 0 Å². The highest BCUT2D eigenvalue weighted by Gasteiger charge is 2.20. The van der Waals surface area contributed by atoms with E-state index in [-0.39, 0.29) is 0 Å². The van der Waals surface area contributed by atoms with Gasteiger partial charge in [0.05, 0.1) is 0 Å². The quantitative estimate of drug-likeness (QED) is 0.750. The fourth-order valence-electron chi connectivity index (χ4n) is 3.38. The monoisotopic (exact) mass is 259 g/mol. The maximum Gasteiger partial charge on any atom is 0.0294 e. The fourth-order valence-corrected chi connectivity index (χ4v) is 3.38. The lowest BCUT2D eigenvalue weighted by molar-refractivity contribution is 0.316.